The van der Waals surface area contributed by atoms with Crippen molar-refractivity contribution in [2.24, 2.45) is 0 Å². The summed E-state index contributed by atoms with van der Waals surface area (Å²) in [5.41, 5.74) is 1.82. The average Bonchev–Trinajstić information content (AvgIpc) is 4.06. The van der Waals surface area contributed by atoms with Gasteiger partial charge in [0.25, 0.3) is 0 Å². The van der Waals surface area contributed by atoms with Crippen LogP contribution in [-0.4, -0.2) is 35.1 Å². The van der Waals surface area contributed by atoms with Crippen molar-refractivity contribution < 1.29 is 38.2 Å². The monoisotopic (exact) mass is 814 g/mol. The van der Waals surface area contributed by atoms with Gasteiger partial charge in [-0.05, 0) is 52.1 Å². The molecule has 0 aliphatic heterocycles. The molecule has 7 aromatic rings. The minimum atomic E-state index is -2.18. The fourth-order valence-corrected chi connectivity index (χ4v) is 12.1. The van der Waals surface area contributed by atoms with E-state index in [1.165, 1.54) is 40.1 Å². The SMILES string of the molecule is O=C1C(=O)c2ccccc2/C1=C/C1=Cc2sc3c(sc4cc(/C=C5\C(=O)C(=O)c6ccccc65)sc43)c2C1(C(=O)OCc1ccccc1)C(=O)OCc1ccccc1. The van der Waals surface area contributed by atoms with Crippen molar-refractivity contribution in [3.63, 3.8) is 0 Å². The second kappa shape index (κ2) is 13.8. The molecule has 280 valence electrons. The highest BCUT2D eigenvalue weighted by Gasteiger charge is 2.59. The Labute approximate surface area is 342 Å². The quantitative estimate of drug-likeness (QED) is 0.0644. The standard InChI is InChI=1S/C47H26O8S3/c48-38-31-17-9-7-15-29(31)33(40(38)50)19-27-20-35-37(47(27,45(52)54-23-25-11-3-1-4-12-25)46(53)55-24-26-13-5-2-6-14-26)43-44(57-35)42-36(58-43)22-28(56-42)21-34-30-16-8-10-18-32(30)39(49)41(34)51/h1-22H,23-24H2/b33-19-,34-21-. The second-order valence-corrected chi connectivity index (χ2v) is 17.1. The number of ketones is 4. The van der Waals surface area contributed by atoms with Crippen molar-refractivity contribution in [2.45, 2.75) is 18.6 Å². The predicted molar refractivity (Wildman–Crippen MR) is 225 cm³/mol. The van der Waals surface area contributed by atoms with Crippen molar-refractivity contribution in [3.8, 4) is 0 Å². The first kappa shape index (κ1) is 35.7. The van der Waals surface area contributed by atoms with Gasteiger partial charge in [0.1, 0.15) is 13.2 Å². The topological polar surface area (TPSA) is 121 Å². The molecule has 0 radical (unpaired) electrons. The van der Waals surface area contributed by atoms with Crippen LogP contribution in [0.4, 0.5) is 0 Å². The number of ether oxygens (including phenoxy) is 2. The molecule has 0 saturated carbocycles. The van der Waals surface area contributed by atoms with Gasteiger partial charge in [0, 0.05) is 42.3 Å². The van der Waals surface area contributed by atoms with Crippen LogP contribution in [0.1, 0.15) is 58.3 Å². The molecule has 0 saturated heterocycles. The molecule has 10 rings (SSSR count). The van der Waals surface area contributed by atoms with E-state index in [4.69, 9.17) is 9.47 Å². The van der Waals surface area contributed by atoms with Crippen LogP contribution >= 0.6 is 34.0 Å². The lowest BCUT2D eigenvalue weighted by atomic mass is 9.76. The Morgan fingerprint density at radius 1 is 0.534 bits per heavy atom. The lowest BCUT2D eigenvalue weighted by Crippen LogP contribution is -2.46. The Balaban J connectivity index is 1.15. The summed E-state index contributed by atoms with van der Waals surface area (Å²) in [5.74, 6) is -4.26. The lowest BCUT2D eigenvalue weighted by Gasteiger charge is -2.28. The number of allylic oxidation sites excluding steroid dienone is 3. The molecule has 0 bridgehead atoms. The third-order valence-corrected chi connectivity index (χ3v) is 14.4. The Kier molecular flexibility index (Phi) is 8.48. The molecule has 0 atom stereocenters. The second-order valence-electron chi connectivity index (χ2n) is 13.9. The van der Waals surface area contributed by atoms with Crippen LogP contribution in [0.2, 0.25) is 0 Å². The summed E-state index contributed by atoms with van der Waals surface area (Å²) in [6, 6.07) is 33.7. The number of esters is 2. The molecule has 3 aliphatic rings. The fourth-order valence-electron chi connectivity index (χ4n) is 7.82. The van der Waals surface area contributed by atoms with Crippen LogP contribution in [0, 0.1) is 0 Å². The zero-order chi connectivity index (χ0) is 39.7. The maximum atomic E-state index is 15.0. The van der Waals surface area contributed by atoms with Crippen LogP contribution in [0.15, 0.2) is 127 Å². The van der Waals surface area contributed by atoms with Crippen LogP contribution in [0.25, 0.3) is 42.1 Å². The number of rotatable bonds is 8. The first-order chi connectivity index (χ1) is 28.2. The van der Waals surface area contributed by atoms with Crippen LogP contribution < -0.4 is 0 Å². The Morgan fingerprint density at radius 3 is 1.59 bits per heavy atom. The zero-order valence-corrected chi connectivity index (χ0v) is 32.6. The molecule has 8 nitrogen and oxygen atoms in total. The van der Waals surface area contributed by atoms with E-state index in [1.54, 1.807) is 60.7 Å². The van der Waals surface area contributed by atoms with Gasteiger partial charge in [-0.1, -0.05) is 109 Å². The number of carbonyl (C=O) groups excluding carboxylic acids is 6. The summed E-state index contributed by atoms with van der Waals surface area (Å²) >= 11 is 4.22. The van der Waals surface area contributed by atoms with E-state index in [0.717, 1.165) is 19.0 Å². The van der Waals surface area contributed by atoms with Crippen molar-refractivity contribution in [3.05, 3.63) is 176 Å². The van der Waals surface area contributed by atoms with Crippen molar-refractivity contribution in [1.82, 2.24) is 0 Å². The number of thiophene rings is 3. The van der Waals surface area contributed by atoms with Gasteiger partial charge in [-0.25, -0.2) is 0 Å². The van der Waals surface area contributed by atoms with E-state index in [-0.39, 0.29) is 29.9 Å². The largest absolute Gasteiger partial charge is 0.459 e. The summed E-state index contributed by atoms with van der Waals surface area (Å²) in [6.07, 6.45) is 4.93. The molecule has 11 heteroatoms. The molecule has 3 heterocycles. The normalized spacial score (nSPS) is 16.7. The minimum Gasteiger partial charge on any atom is -0.459 e. The highest BCUT2D eigenvalue weighted by molar-refractivity contribution is 7.39. The van der Waals surface area contributed by atoms with E-state index in [2.05, 4.69) is 0 Å². The molecule has 0 unspecified atom stereocenters. The maximum absolute atomic E-state index is 15.0. The minimum absolute atomic E-state index is 0.0701. The molecule has 0 N–H and O–H groups in total. The number of hydrogen-bond donors (Lipinski definition) is 0. The highest BCUT2D eigenvalue weighted by atomic mass is 32.1. The van der Waals surface area contributed by atoms with Gasteiger partial charge in [-0.15, -0.1) is 34.0 Å². The van der Waals surface area contributed by atoms with Gasteiger partial charge in [0.2, 0.25) is 28.5 Å². The summed E-state index contributed by atoms with van der Waals surface area (Å²) in [5, 5.41) is 0. The molecule has 0 fully saturated rings. The van der Waals surface area contributed by atoms with Gasteiger partial charge >= 0.3 is 11.9 Å². The first-order valence-electron chi connectivity index (χ1n) is 18.2. The Morgan fingerprint density at radius 2 is 1.03 bits per heavy atom. The number of fused-ring (bicyclic) bond motifs is 7. The van der Waals surface area contributed by atoms with E-state index < -0.39 is 40.5 Å². The summed E-state index contributed by atoms with van der Waals surface area (Å²) in [6.45, 7) is -0.274. The number of carbonyl (C=O) groups is 6. The smallest absolute Gasteiger partial charge is 0.333 e. The van der Waals surface area contributed by atoms with Crippen LogP contribution in [0.5, 0.6) is 0 Å². The Hall–Kier alpha value is -6.66. The van der Waals surface area contributed by atoms with E-state index >= 15 is 9.59 Å². The van der Waals surface area contributed by atoms with Crippen molar-refractivity contribution >= 4 is 111 Å². The number of benzene rings is 4. The molecule has 0 amide bonds. The van der Waals surface area contributed by atoms with Gasteiger partial charge in [0.05, 0.1) is 14.1 Å². The molecular weight excluding hydrogens is 789 g/mol. The van der Waals surface area contributed by atoms with Gasteiger partial charge in [-0.3, -0.25) is 28.8 Å². The zero-order valence-electron chi connectivity index (χ0n) is 30.1. The molecule has 58 heavy (non-hydrogen) atoms. The van der Waals surface area contributed by atoms with Gasteiger partial charge in [0.15, 0.2) is 0 Å². The molecule has 4 aromatic carbocycles. The third-order valence-electron chi connectivity index (χ3n) is 10.6. The highest BCUT2D eigenvalue weighted by Crippen LogP contribution is 2.57. The van der Waals surface area contributed by atoms with Crippen molar-refractivity contribution in [2.75, 3.05) is 0 Å². The lowest BCUT2D eigenvalue weighted by molar-refractivity contribution is -0.164. The van der Waals surface area contributed by atoms with Gasteiger partial charge in [-0.2, -0.15) is 0 Å². The van der Waals surface area contributed by atoms with E-state index in [9.17, 15) is 19.2 Å². The molecule has 0 spiro atoms. The summed E-state index contributed by atoms with van der Waals surface area (Å²) in [7, 11) is 0. The van der Waals surface area contributed by atoms with E-state index in [0.29, 0.717) is 48.5 Å². The molecule has 3 aliphatic carbocycles. The number of hydrogen-bond acceptors (Lipinski definition) is 11. The predicted octanol–water partition coefficient (Wildman–Crippen LogP) is 9.45. The molecule has 3 aromatic heterocycles. The Bertz CT molecular complexity index is 3010. The maximum Gasteiger partial charge on any atom is 0.333 e. The average molecular weight is 815 g/mol. The van der Waals surface area contributed by atoms with Crippen LogP contribution in [0.3, 0.4) is 0 Å². The van der Waals surface area contributed by atoms with Gasteiger partial charge < -0.3 is 9.47 Å². The molecular formula is C47H26O8S3. The number of Topliss-reactive ketones (excluding diaryl/α,β-unsaturated/α-hetero) is 4. The summed E-state index contributed by atoms with van der Waals surface area (Å²) < 4.78 is 15.3. The third kappa shape index (κ3) is 5.46. The fraction of sp³-hybridized carbons (Fsp3) is 0.0638. The summed E-state index contributed by atoms with van der Waals surface area (Å²) in [4.78, 5) is 83.9. The van der Waals surface area contributed by atoms with E-state index in [1.807, 2.05) is 66.7 Å². The first-order valence-corrected chi connectivity index (χ1v) is 20.6. The van der Waals surface area contributed by atoms with Crippen LogP contribution in [-0.2, 0) is 47.3 Å². The van der Waals surface area contributed by atoms with Crippen molar-refractivity contribution in [1.29, 1.82) is 0 Å².